The molecule has 0 aliphatic carbocycles. The van der Waals surface area contributed by atoms with Crippen molar-refractivity contribution in [3.63, 3.8) is 0 Å². The van der Waals surface area contributed by atoms with Crippen LogP contribution < -0.4 is 4.90 Å². The second-order valence-electron chi connectivity index (χ2n) is 7.27. The van der Waals surface area contributed by atoms with Gasteiger partial charge in [-0.1, -0.05) is 12.1 Å². The molecule has 0 spiro atoms. The molecule has 1 fully saturated rings. The lowest BCUT2D eigenvalue weighted by Gasteiger charge is -2.22. The molecule has 0 unspecified atom stereocenters. The number of rotatable bonds is 8. The van der Waals surface area contributed by atoms with Crippen LogP contribution in [0, 0.1) is 15.9 Å². The van der Waals surface area contributed by atoms with E-state index in [2.05, 4.69) is 0 Å². The number of benzene rings is 2. The molecule has 0 N–H and O–H groups in total. The van der Waals surface area contributed by atoms with Gasteiger partial charge in [0.2, 0.25) is 0 Å². The van der Waals surface area contributed by atoms with Gasteiger partial charge in [-0.3, -0.25) is 14.9 Å². The van der Waals surface area contributed by atoms with Crippen LogP contribution in [-0.2, 0) is 16.1 Å². The van der Waals surface area contributed by atoms with Crippen LogP contribution in [0.25, 0.3) is 0 Å². The maximum atomic E-state index is 13.4. The molecule has 0 atom stereocenters. The lowest BCUT2D eigenvalue weighted by atomic mass is 10.1. The monoisotopic (exact) mass is 429 g/mol. The molecule has 31 heavy (non-hydrogen) atoms. The Hall–Kier alpha value is -3.49. The zero-order valence-electron chi connectivity index (χ0n) is 17.3. The summed E-state index contributed by atoms with van der Waals surface area (Å²) in [5, 5.41) is 11.2. The van der Waals surface area contributed by atoms with Crippen LogP contribution in [0.5, 0.6) is 0 Å². The zero-order chi connectivity index (χ0) is 22.4. The van der Waals surface area contributed by atoms with E-state index >= 15 is 0 Å². The molecule has 1 heterocycles. The second kappa shape index (κ2) is 10.0. The number of nitrogens with zero attached hydrogens (tertiary/aromatic N) is 3. The number of ether oxygens (including phenoxy) is 1. The van der Waals surface area contributed by atoms with E-state index in [0.717, 1.165) is 25.9 Å². The Balaban J connectivity index is 1.70. The molecule has 0 saturated carbocycles. The summed E-state index contributed by atoms with van der Waals surface area (Å²) in [5.41, 5.74) is 1.03. The molecule has 3 rings (SSSR count). The molecule has 1 aliphatic heterocycles. The van der Waals surface area contributed by atoms with Gasteiger partial charge in [-0.25, -0.2) is 9.18 Å². The summed E-state index contributed by atoms with van der Waals surface area (Å²) in [7, 11) is 0. The van der Waals surface area contributed by atoms with E-state index in [1.54, 1.807) is 25.1 Å². The number of amides is 1. The average molecular weight is 429 g/mol. The highest BCUT2D eigenvalue weighted by Crippen LogP contribution is 2.29. The molecular weight excluding hydrogens is 405 g/mol. The van der Waals surface area contributed by atoms with E-state index in [9.17, 15) is 24.1 Å². The maximum Gasteiger partial charge on any atom is 0.341 e. The predicted octanol–water partition coefficient (Wildman–Crippen LogP) is 3.54. The minimum Gasteiger partial charge on any atom is -0.452 e. The standard InChI is InChI=1S/C22H24FN3O5/c1-2-24(14-16-6-5-7-17(23)12-16)21(27)15-31-22(28)19-13-18(26(29)30)8-9-20(19)25-10-3-4-11-25/h5-9,12-13H,2-4,10-11,14-15H2,1H3. The first-order valence-corrected chi connectivity index (χ1v) is 10.1. The van der Waals surface area contributed by atoms with Gasteiger partial charge in [0.25, 0.3) is 11.6 Å². The lowest BCUT2D eigenvalue weighted by Crippen LogP contribution is -2.34. The molecule has 2 aromatic rings. The fourth-order valence-electron chi connectivity index (χ4n) is 3.56. The normalized spacial score (nSPS) is 13.2. The fourth-order valence-corrected chi connectivity index (χ4v) is 3.56. The number of nitro benzene ring substituents is 1. The van der Waals surface area contributed by atoms with Crippen molar-refractivity contribution in [2.75, 3.05) is 31.1 Å². The summed E-state index contributed by atoms with van der Waals surface area (Å²) in [6.45, 7) is 3.28. The maximum absolute atomic E-state index is 13.4. The number of non-ortho nitro benzene ring substituents is 1. The zero-order valence-corrected chi connectivity index (χ0v) is 17.3. The average Bonchev–Trinajstić information content (AvgIpc) is 3.30. The van der Waals surface area contributed by atoms with E-state index in [0.29, 0.717) is 17.8 Å². The summed E-state index contributed by atoms with van der Waals surface area (Å²) in [5.74, 6) is -1.62. The van der Waals surface area contributed by atoms with Gasteiger partial charge in [0.15, 0.2) is 6.61 Å². The Bertz CT molecular complexity index is 975. The van der Waals surface area contributed by atoms with Crippen molar-refractivity contribution in [1.29, 1.82) is 0 Å². The molecule has 1 amide bonds. The molecule has 1 saturated heterocycles. The van der Waals surface area contributed by atoms with E-state index in [1.165, 1.54) is 29.2 Å². The third-order valence-electron chi connectivity index (χ3n) is 5.18. The van der Waals surface area contributed by atoms with E-state index in [4.69, 9.17) is 4.74 Å². The van der Waals surface area contributed by atoms with Gasteiger partial charge in [-0.2, -0.15) is 0 Å². The van der Waals surface area contributed by atoms with Crippen molar-refractivity contribution in [1.82, 2.24) is 4.90 Å². The number of hydrogen-bond acceptors (Lipinski definition) is 6. The highest BCUT2D eigenvalue weighted by Gasteiger charge is 2.24. The van der Waals surface area contributed by atoms with Crippen LogP contribution in [-0.4, -0.2) is 47.9 Å². The fraction of sp³-hybridized carbons (Fsp3) is 0.364. The topological polar surface area (TPSA) is 93.0 Å². The highest BCUT2D eigenvalue weighted by molar-refractivity contribution is 5.97. The summed E-state index contributed by atoms with van der Waals surface area (Å²) < 4.78 is 18.6. The van der Waals surface area contributed by atoms with Gasteiger partial charge in [-0.15, -0.1) is 0 Å². The van der Waals surface area contributed by atoms with Gasteiger partial charge < -0.3 is 14.5 Å². The van der Waals surface area contributed by atoms with Crippen molar-refractivity contribution < 1.29 is 23.6 Å². The van der Waals surface area contributed by atoms with Crippen molar-refractivity contribution >= 4 is 23.3 Å². The summed E-state index contributed by atoms with van der Waals surface area (Å²) >= 11 is 0. The molecule has 164 valence electrons. The lowest BCUT2D eigenvalue weighted by molar-refractivity contribution is -0.384. The van der Waals surface area contributed by atoms with E-state index < -0.39 is 29.2 Å². The summed E-state index contributed by atoms with van der Waals surface area (Å²) in [6.07, 6.45) is 1.94. The van der Waals surface area contributed by atoms with Crippen LogP contribution in [0.2, 0.25) is 0 Å². The smallest absolute Gasteiger partial charge is 0.341 e. The Morgan fingerprint density at radius 3 is 2.58 bits per heavy atom. The second-order valence-corrected chi connectivity index (χ2v) is 7.27. The number of likely N-dealkylation sites (N-methyl/N-ethyl adjacent to an activating group) is 1. The van der Waals surface area contributed by atoms with Crippen LogP contribution in [0.3, 0.4) is 0 Å². The van der Waals surface area contributed by atoms with Gasteiger partial charge in [0.05, 0.1) is 16.2 Å². The summed E-state index contributed by atoms with van der Waals surface area (Å²) in [6, 6.07) is 10.0. The molecule has 0 aromatic heterocycles. The Morgan fingerprint density at radius 2 is 1.94 bits per heavy atom. The summed E-state index contributed by atoms with van der Waals surface area (Å²) in [4.78, 5) is 39.3. The van der Waals surface area contributed by atoms with Crippen molar-refractivity contribution in [3.05, 3.63) is 69.5 Å². The number of anilines is 1. The van der Waals surface area contributed by atoms with Gasteiger partial charge in [0, 0.05) is 38.3 Å². The largest absolute Gasteiger partial charge is 0.452 e. The van der Waals surface area contributed by atoms with Crippen molar-refractivity contribution in [2.24, 2.45) is 0 Å². The van der Waals surface area contributed by atoms with Crippen LogP contribution in [0.15, 0.2) is 42.5 Å². The Labute approximate surface area is 179 Å². The molecule has 8 nitrogen and oxygen atoms in total. The van der Waals surface area contributed by atoms with Crippen molar-refractivity contribution in [2.45, 2.75) is 26.3 Å². The van der Waals surface area contributed by atoms with Gasteiger partial charge >= 0.3 is 5.97 Å². The molecule has 9 heteroatoms. The third kappa shape index (κ3) is 5.56. The number of carbonyl (C=O) groups excluding carboxylic acids is 2. The Morgan fingerprint density at radius 1 is 1.19 bits per heavy atom. The molecule has 1 aliphatic rings. The third-order valence-corrected chi connectivity index (χ3v) is 5.18. The van der Waals surface area contributed by atoms with Crippen LogP contribution >= 0.6 is 0 Å². The van der Waals surface area contributed by atoms with Gasteiger partial charge in [0.1, 0.15) is 5.82 Å². The minimum absolute atomic E-state index is 0.0667. The number of esters is 1. The van der Waals surface area contributed by atoms with E-state index in [1.807, 2.05) is 4.90 Å². The van der Waals surface area contributed by atoms with Crippen molar-refractivity contribution in [3.8, 4) is 0 Å². The van der Waals surface area contributed by atoms with Crippen LogP contribution in [0.4, 0.5) is 15.8 Å². The number of nitro groups is 1. The quantitative estimate of drug-likeness (QED) is 0.362. The number of carbonyl (C=O) groups is 2. The van der Waals surface area contributed by atoms with Crippen LogP contribution in [0.1, 0.15) is 35.7 Å². The number of hydrogen-bond donors (Lipinski definition) is 0. The predicted molar refractivity (Wildman–Crippen MR) is 112 cm³/mol. The number of halogens is 1. The molecule has 0 radical (unpaired) electrons. The van der Waals surface area contributed by atoms with Gasteiger partial charge in [-0.05, 0) is 43.5 Å². The first kappa shape index (κ1) is 22.2. The van der Waals surface area contributed by atoms with E-state index in [-0.39, 0.29) is 17.8 Å². The highest BCUT2D eigenvalue weighted by atomic mass is 19.1. The first-order valence-electron chi connectivity index (χ1n) is 10.1. The Kier molecular flexibility index (Phi) is 7.17. The SMILES string of the molecule is CCN(Cc1cccc(F)c1)C(=O)COC(=O)c1cc([N+](=O)[O-])ccc1N1CCCC1. The molecule has 0 bridgehead atoms. The molecule has 2 aromatic carbocycles. The molecular formula is C22H24FN3O5. The minimum atomic E-state index is -0.791. The first-order chi connectivity index (χ1) is 14.9.